The van der Waals surface area contributed by atoms with Gasteiger partial charge in [-0.1, -0.05) is 6.08 Å². The van der Waals surface area contributed by atoms with Gasteiger partial charge in [0.25, 0.3) is 5.91 Å². The van der Waals surface area contributed by atoms with Crippen LogP contribution in [0.2, 0.25) is 0 Å². The molecular weight excluding hydrogens is 364 g/mol. The molecule has 1 heterocycles. The molecule has 1 aromatic carbocycles. The zero-order chi connectivity index (χ0) is 17.0. The number of halogens is 1. The first kappa shape index (κ1) is 17.1. The Morgan fingerprint density at radius 1 is 1.39 bits per heavy atom. The molecule has 0 spiro atoms. The lowest BCUT2D eigenvalue weighted by atomic mass is 10.1. The van der Waals surface area contributed by atoms with Crippen LogP contribution in [0.3, 0.4) is 0 Å². The quantitative estimate of drug-likeness (QED) is 0.468. The molecule has 0 radical (unpaired) electrons. The van der Waals surface area contributed by atoms with Gasteiger partial charge in [0.05, 0.1) is 18.2 Å². The van der Waals surface area contributed by atoms with E-state index in [1.54, 1.807) is 25.3 Å². The molecule has 3 amide bonds. The molecule has 0 saturated carbocycles. The summed E-state index contributed by atoms with van der Waals surface area (Å²) in [6.45, 7) is 6.05. The average Bonchev–Trinajstić information content (AvgIpc) is 2.75. The van der Waals surface area contributed by atoms with Crippen LogP contribution in [0, 0.1) is 0 Å². The number of methoxy groups -OCH3 is 1. The largest absolute Gasteiger partial charge is 0.492 e. The van der Waals surface area contributed by atoms with Crippen molar-refractivity contribution in [2.75, 3.05) is 20.3 Å². The van der Waals surface area contributed by atoms with Gasteiger partial charge in [-0.2, -0.15) is 0 Å². The van der Waals surface area contributed by atoms with E-state index >= 15 is 0 Å². The molecule has 1 fully saturated rings. The van der Waals surface area contributed by atoms with Crippen molar-refractivity contribution in [1.29, 1.82) is 0 Å². The van der Waals surface area contributed by atoms with E-state index < -0.39 is 6.03 Å². The van der Waals surface area contributed by atoms with Gasteiger partial charge < -0.3 is 14.8 Å². The van der Waals surface area contributed by atoms with E-state index in [-0.39, 0.29) is 18.1 Å². The van der Waals surface area contributed by atoms with Crippen LogP contribution in [0.4, 0.5) is 4.79 Å². The third-order valence-corrected chi connectivity index (χ3v) is 3.71. The van der Waals surface area contributed by atoms with Gasteiger partial charge in [-0.05, 0) is 46.6 Å². The highest BCUT2D eigenvalue weighted by molar-refractivity contribution is 9.10. The second-order valence-electron chi connectivity index (χ2n) is 4.66. The van der Waals surface area contributed by atoms with Crippen LogP contribution >= 0.6 is 15.9 Å². The highest BCUT2D eigenvalue weighted by atomic mass is 79.9. The molecular formula is C16H17BrN2O4. The Kier molecular flexibility index (Phi) is 5.44. The van der Waals surface area contributed by atoms with Gasteiger partial charge in [-0.15, -0.1) is 6.58 Å². The van der Waals surface area contributed by atoms with Crippen LogP contribution in [-0.4, -0.2) is 37.1 Å². The minimum atomic E-state index is -0.459. The number of amides is 3. The fourth-order valence-electron chi connectivity index (χ4n) is 2.17. The summed E-state index contributed by atoms with van der Waals surface area (Å²) in [6.07, 6.45) is 3.09. The molecule has 1 aliphatic rings. The number of hydrogen-bond donors (Lipinski definition) is 1. The lowest BCUT2D eigenvalue weighted by Crippen LogP contribution is -2.30. The average molecular weight is 381 g/mol. The van der Waals surface area contributed by atoms with Crippen molar-refractivity contribution in [3.63, 3.8) is 0 Å². The number of hydrogen-bond acceptors (Lipinski definition) is 4. The topological polar surface area (TPSA) is 67.9 Å². The summed E-state index contributed by atoms with van der Waals surface area (Å²) in [7, 11) is 1.55. The van der Waals surface area contributed by atoms with Crippen molar-refractivity contribution in [2.45, 2.75) is 6.92 Å². The molecule has 0 atom stereocenters. The van der Waals surface area contributed by atoms with E-state index in [0.29, 0.717) is 28.1 Å². The number of rotatable bonds is 6. The van der Waals surface area contributed by atoms with Crippen molar-refractivity contribution in [2.24, 2.45) is 0 Å². The molecule has 23 heavy (non-hydrogen) atoms. The summed E-state index contributed by atoms with van der Waals surface area (Å²) in [5.74, 6) is 0.736. The highest BCUT2D eigenvalue weighted by Crippen LogP contribution is 2.37. The molecule has 1 saturated heterocycles. The van der Waals surface area contributed by atoms with Crippen LogP contribution < -0.4 is 14.8 Å². The van der Waals surface area contributed by atoms with E-state index in [2.05, 4.69) is 27.8 Å². The summed E-state index contributed by atoms with van der Waals surface area (Å²) in [4.78, 5) is 25.0. The Labute approximate surface area is 142 Å². The Balaban J connectivity index is 2.38. The van der Waals surface area contributed by atoms with Gasteiger partial charge in [-0.3, -0.25) is 9.69 Å². The van der Waals surface area contributed by atoms with Gasteiger partial charge in [0.1, 0.15) is 5.70 Å². The van der Waals surface area contributed by atoms with E-state index in [1.165, 1.54) is 6.08 Å². The van der Waals surface area contributed by atoms with E-state index in [0.717, 1.165) is 4.90 Å². The lowest BCUT2D eigenvalue weighted by Gasteiger charge is -2.12. The monoisotopic (exact) mass is 380 g/mol. The minimum Gasteiger partial charge on any atom is -0.492 e. The third kappa shape index (κ3) is 3.56. The Hall–Kier alpha value is -2.28. The zero-order valence-electron chi connectivity index (χ0n) is 12.9. The number of carbonyl (C=O) groups is 2. The second kappa shape index (κ2) is 7.32. The number of ether oxygens (including phenoxy) is 2. The SMILES string of the molecule is C=CCN1C(=O)N/C(=C/c2cc(Br)c(OC)c(OCC)c2)C1=O. The molecule has 2 rings (SSSR count). The standard InChI is InChI=1S/C16H17BrN2O4/c1-4-6-19-15(20)12(18-16(19)21)8-10-7-11(17)14(22-3)13(9-10)23-5-2/h4,7-9H,1,5-6H2,2-3H3,(H,18,21)/b12-8+. The van der Waals surface area contributed by atoms with Gasteiger partial charge in [-0.25, -0.2) is 4.79 Å². The first-order valence-electron chi connectivity index (χ1n) is 6.97. The number of carbonyl (C=O) groups excluding carboxylic acids is 2. The second-order valence-corrected chi connectivity index (χ2v) is 5.51. The smallest absolute Gasteiger partial charge is 0.329 e. The Bertz CT molecular complexity index is 685. The van der Waals surface area contributed by atoms with Crippen molar-refractivity contribution >= 4 is 33.9 Å². The van der Waals surface area contributed by atoms with Gasteiger partial charge >= 0.3 is 6.03 Å². The van der Waals surface area contributed by atoms with E-state index in [4.69, 9.17) is 9.47 Å². The number of urea groups is 1. The van der Waals surface area contributed by atoms with Gasteiger partial charge in [0.2, 0.25) is 0 Å². The Morgan fingerprint density at radius 2 is 2.13 bits per heavy atom. The van der Waals surface area contributed by atoms with Crippen LogP contribution in [0.15, 0.2) is 35.0 Å². The molecule has 0 unspecified atom stereocenters. The van der Waals surface area contributed by atoms with Crippen LogP contribution in [0.5, 0.6) is 11.5 Å². The maximum absolute atomic E-state index is 12.2. The predicted molar refractivity (Wildman–Crippen MR) is 90.3 cm³/mol. The number of nitrogens with one attached hydrogen (secondary N) is 1. The fraction of sp³-hybridized carbons (Fsp3) is 0.250. The van der Waals surface area contributed by atoms with Crippen molar-refractivity contribution in [1.82, 2.24) is 10.2 Å². The van der Waals surface area contributed by atoms with Gasteiger partial charge in [0, 0.05) is 6.54 Å². The number of nitrogens with zero attached hydrogens (tertiary/aromatic N) is 1. The lowest BCUT2D eigenvalue weighted by molar-refractivity contribution is -0.122. The van der Waals surface area contributed by atoms with E-state index in [1.807, 2.05) is 6.92 Å². The van der Waals surface area contributed by atoms with Crippen molar-refractivity contribution in [3.8, 4) is 11.5 Å². The minimum absolute atomic E-state index is 0.165. The van der Waals surface area contributed by atoms with Crippen molar-refractivity contribution in [3.05, 3.63) is 40.5 Å². The highest BCUT2D eigenvalue weighted by Gasteiger charge is 2.32. The number of imide groups is 1. The Morgan fingerprint density at radius 3 is 2.74 bits per heavy atom. The predicted octanol–water partition coefficient (Wildman–Crippen LogP) is 2.94. The third-order valence-electron chi connectivity index (χ3n) is 3.12. The summed E-state index contributed by atoms with van der Waals surface area (Å²) in [6, 6.07) is 3.07. The molecule has 1 N–H and O–H groups in total. The molecule has 0 aliphatic carbocycles. The maximum Gasteiger partial charge on any atom is 0.329 e. The van der Waals surface area contributed by atoms with Crippen LogP contribution in [0.1, 0.15) is 12.5 Å². The number of benzene rings is 1. The van der Waals surface area contributed by atoms with Crippen LogP contribution in [-0.2, 0) is 4.79 Å². The molecule has 122 valence electrons. The zero-order valence-corrected chi connectivity index (χ0v) is 14.5. The molecule has 6 nitrogen and oxygen atoms in total. The first-order valence-corrected chi connectivity index (χ1v) is 7.76. The van der Waals surface area contributed by atoms with Crippen molar-refractivity contribution < 1.29 is 19.1 Å². The summed E-state index contributed by atoms with van der Waals surface area (Å²) < 4.78 is 11.5. The van der Waals surface area contributed by atoms with Crippen LogP contribution in [0.25, 0.3) is 6.08 Å². The summed E-state index contributed by atoms with van der Waals surface area (Å²) >= 11 is 3.41. The summed E-state index contributed by atoms with van der Waals surface area (Å²) in [5, 5.41) is 2.55. The molecule has 7 heteroatoms. The molecule has 0 bridgehead atoms. The maximum atomic E-state index is 12.2. The summed E-state index contributed by atoms with van der Waals surface area (Å²) in [5.41, 5.74) is 0.904. The normalized spacial score (nSPS) is 15.8. The molecule has 1 aliphatic heterocycles. The first-order chi connectivity index (χ1) is 11.0. The fourth-order valence-corrected chi connectivity index (χ4v) is 2.79. The molecule has 0 aromatic heterocycles. The van der Waals surface area contributed by atoms with E-state index in [9.17, 15) is 9.59 Å². The molecule has 1 aromatic rings. The van der Waals surface area contributed by atoms with Gasteiger partial charge in [0.15, 0.2) is 11.5 Å².